The van der Waals surface area contributed by atoms with Crippen LogP contribution in [-0.2, 0) is 0 Å². The molecule has 1 aromatic carbocycles. The third-order valence-electron chi connectivity index (χ3n) is 2.61. The van der Waals surface area contributed by atoms with Crippen LogP contribution in [0.5, 0.6) is 5.75 Å². The fraction of sp³-hybridized carbons (Fsp3) is 0.333. The van der Waals surface area contributed by atoms with Crippen LogP contribution in [-0.4, -0.2) is 14.2 Å². The molecule has 0 saturated heterocycles. The molecular weight excluding hydrogens is 190 g/mol. The van der Waals surface area contributed by atoms with Crippen molar-refractivity contribution < 1.29 is 9.15 Å². The lowest BCUT2D eigenvalue weighted by Crippen LogP contribution is -2.10. The van der Waals surface area contributed by atoms with Crippen LogP contribution in [0.3, 0.4) is 0 Å². The van der Waals surface area contributed by atoms with E-state index in [1.54, 1.807) is 7.11 Å². The van der Waals surface area contributed by atoms with Gasteiger partial charge in [-0.15, -0.1) is 0 Å². The summed E-state index contributed by atoms with van der Waals surface area (Å²) < 4.78 is 11.0. The first kappa shape index (κ1) is 10.1. The highest BCUT2D eigenvalue weighted by molar-refractivity contribution is 5.83. The number of hydrogen-bond donors (Lipinski definition) is 1. The molecule has 2 rings (SSSR count). The lowest BCUT2D eigenvalue weighted by molar-refractivity contribution is 0.402. The highest BCUT2D eigenvalue weighted by Gasteiger charge is 2.11. The first-order valence-corrected chi connectivity index (χ1v) is 5.00. The molecule has 0 aliphatic carbocycles. The van der Waals surface area contributed by atoms with Crippen LogP contribution in [0.4, 0.5) is 0 Å². The van der Waals surface area contributed by atoms with Crippen LogP contribution in [0.1, 0.15) is 18.7 Å². The average Bonchev–Trinajstić information content (AvgIpc) is 2.71. The van der Waals surface area contributed by atoms with E-state index < -0.39 is 0 Å². The van der Waals surface area contributed by atoms with E-state index in [4.69, 9.17) is 9.15 Å². The fourth-order valence-corrected chi connectivity index (χ4v) is 1.57. The Morgan fingerprint density at radius 2 is 2.20 bits per heavy atom. The van der Waals surface area contributed by atoms with E-state index in [0.29, 0.717) is 0 Å². The molecule has 0 spiro atoms. The van der Waals surface area contributed by atoms with Gasteiger partial charge in [-0.1, -0.05) is 12.1 Å². The van der Waals surface area contributed by atoms with E-state index in [0.717, 1.165) is 22.5 Å². The molecule has 0 radical (unpaired) electrons. The van der Waals surface area contributed by atoms with Crippen molar-refractivity contribution >= 4 is 11.0 Å². The Labute approximate surface area is 89.0 Å². The van der Waals surface area contributed by atoms with Crippen molar-refractivity contribution in [1.82, 2.24) is 5.32 Å². The van der Waals surface area contributed by atoms with E-state index in [1.807, 2.05) is 31.3 Å². The van der Waals surface area contributed by atoms with Crippen molar-refractivity contribution in [2.45, 2.75) is 13.0 Å². The Kier molecular flexibility index (Phi) is 2.64. The van der Waals surface area contributed by atoms with Crippen molar-refractivity contribution in [3.8, 4) is 5.75 Å². The Hall–Kier alpha value is -1.48. The van der Waals surface area contributed by atoms with Gasteiger partial charge in [0.1, 0.15) is 5.76 Å². The van der Waals surface area contributed by atoms with Gasteiger partial charge in [0.15, 0.2) is 11.3 Å². The van der Waals surface area contributed by atoms with Gasteiger partial charge >= 0.3 is 0 Å². The summed E-state index contributed by atoms with van der Waals surface area (Å²) in [6, 6.07) is 8.14. The smallest absolute Gasteiger partial charge is 0.176 e. The van der Waals surface area contributed by atoms with Crippen LogP contribution in [0.2, 0.25) is 0 Å². The summed E-state index contributed by atoms with van der Waals surface area (Å²) in [5, 5.41) is 4.22. The van der Waals surface area contributed by atoms with Crippen molar-refractivity contribution in [2.75, 3.05) is 14.2 Å². The van der Waals surface area contributed by atoms with Gasteiger partial charge in [-0.05, 0) is 26.1 Å². The SMILES string of the molecule is CNC(C)c1cc2cccc(OC)c2o1. The molecule has 2 aromatic rings. The maximum absolute atomic E-state index is 5.76. The topological polar surface area (TPSA) is 34.4 Å². The fourth-order valence-electron chi connectivity index (χ4n) is 1.57. The van der Waals surface area contributed by atoms with E-state index in [1.165, 1.54) is 0 Å². The maximum atomic E-state index is 5.76. The zero-order valence-corrected chi connectivity index (χ0v) is 9.20. The minimum absolute atomic E-state index is 0.210. The number of furan rings is 1. The monoisotopic (exact) mass is 205 g/mol. The summed E-state index contributed by atoms with van der Waals surface area (Å²) in [7, 11) is 3.56. The summed E-state index contributed by atoms with van der Waals surface area (Å²) in [6.07, 6.45) is 0. The summed E-state index contributed by atoms with van der Waals surface area (Å²) in [5.41, 5.74) is 0.817. The Balaban J connectivity index is 2.55. The summed E-state index contributed by atoms with van der Waals surface area (Å²) in [4.78, 5) is 0. The largest absolute Gasteiger partial charge is 0.493 e. The van der Waals surface area contributed by atoms with Gasteiger partial charge in [0.2, 0.25) is 0 Å². The molecule has 0 fully saturated rings. The van der Waals surface area contributed by atoms with Gasteiger partial charge in [-0.2, -0.15) is 0 Å². The zero-order chi connectivity index (χ0) is 10.8. The minimum Gasteiger partial charge on any atom is -0.493 e. The second-order valence-electron chi connectivity index (χ2n) is 3.54. The van der Waals surface area contributed by atoms with Gasteiger partial charge in [-0.3, -0.25) is 0 Å². The quantitative estimate of drug-likeness (QED) is 0.836. The summed E-state index contributed by atoms with van der Waals surface area (Å²) >= 11 is 0. The number of ether oxygens (including phenoxy) is 1. The van der Waals surface area contributed by atoms with Crippen LogP contribution >= 0.6 is 0 Å². The van der Waals surface area contributed by atoms with Crippen molar-refractivity contribution in [1.29, 1.82) is 0 Å². The van der Waals surface area contributed by atoms with Crippen LogP contribution < -0.4 is 10.1 Å². The lowest BCUT2D eigenvalue weighted by atomic mass is 10.2. The number of para-hydroxylation sites is 1. The molecule has 0 bridgehead atoms. The first-order chi connectivity index (χ1) is 7.26. The van der Waals surface area contributed by atoms with Gasteiger partial charge in [0.25, 0.3) is 0 Å². The maximum Gasteiger partial charge on any atom is 0.176 e. The number of methoxy groups -OCH3 is 1. The molecule has 1 atom stereocenters. The van der Waals surface area contributed by atoms with E-state index >= 15 is 0 Å². The molecule has 1 N–H and O–H groups in total. The Bertz CT molecular complexity index is 462. The van der Waals surface area contributed by atoms with Crippen LogP contribution in [0, 0.1) is 0 Å². The first-order valence-electron chi connectivity index (χ1n) is 5.00. The number of nitrogens with one attached hydrogen (secondary N) is 1. The summed E-state index contributed by atoms with van der Waals surface area (Å²) in [5.74, 6) is 1.71. The molecule has 3 heteroatoms. The predicted octanol–water partition coefficient (Wildman–Crippen LogP) is 2.72. The molecule has 0 aliphatic heterocycles. The number of fused-ring (bicyclic) bond motifs is 1. The number of benzene rings is 1. The van der Waals surface area contributed by atoms with Crippen molar-refractivity contribution in [3.63, 3.8) is 0 Å². The molecule has 0 amide bonds. The third-order valence-corrected chi connectivity index (χ3v) is 2.61. The normalized spacial score (nSPS) is 13.0. The molecule has 0 aliphatic rings. The second-order valence-corrected chi connectivity index (χ2v) is 3.54. The third kappa shape index (κ3) is 1.70. The van der Waals surface area contributed by atoms with Crippen LogP contribution in [0.15, 0.2) is 28.7 Å². The Morgan fingerprint density at radius 1 is 1.40 bits per heavy atom. The minimum atomic E-state index is 0.210. The van der Waals surface area contributed by atoms with Gasteiger partial charge in [0.05, 0.1) is 13.2 Å². The zero-order valence-electron chi connectivity index (χ0n) is 9.20. The predicted molar refractivity (Wildman–Crippen MR) is 60.2 cm³/mol. The number of rotatable bonds is 3. The van der Waals surface area contributed by atoms with Gasteiger partial charge < -0.3 is 14.5 Å². The summed E-state index contributed by atoms with van der Waals surface area (Å²) in [6.45, 7) is 2.06. The van der Waals surface area contributed by atoms with Crippen molar-refractivity contribution in [2.24, 2.45) is 0 Å². The second kappa shape index (κ2) is 3.95. The lowest BCUT2D eigenvalue weighted by Gasteiger charge is -2.04. The van der Waals surface area contributed by atoms with E-state index in [2.05, 4.69) is 12.2 Å². The highest BCUT2D eigenvalue weighted by Crippen LogP contribution is 2.30. The van der Waals surface area contributed by atoms with Crippen LogP contribution in [0.25, 0.3) is 11.0 Å². The Morgan fingerprint density at radius 3 is 2.87 bits per heavy atom. The van der Waals surface area contributed by atoms with E-state index in [9.17, 15) is 0 Å². The highest BCUT2D eigenvalue weighted by atomic mass is 16.5. The molecule has 0 saturated carbocycles. The average molecular weight is 205 g/mol. The molecule has 1 aromatic heterocycles. The molecular formula is C12H15NO2. The number of hydrogen-bond acceptors (Lipinski definition) is 3. The molecule has 80 valence electrons. The van der Waals surface area contributed by atoms with Crippen molar-refractivity contribution in [3.05, 3.63) is 30.0 Å². The van der Waals surface area contributed by atoms with Gasteiger partial charge in [-0.25, -0.2) is 0 Å². The molecule has 1 unspecified atom stereocenters. The van der Waals surface area contributed by atoms with Gasteiger partial charge in [0, 0.05) is 5.39 Å². The van der Waals surface area contributed by atoms with E-state index in [-0.39, 0.29) is 6.04 Å². The molecule has 3 nitrogen and oxygen atoms in total. The molecule has 1 heterocycles. The standard InChI is InChI=1S/C12H15NO2/c1-8(13-2)11-7-9-5-4-6-10(14-3)12(9)15-11/h4-8,13H,1-3H3. The molecule has 15 heavy (non-hydrogen) atoms.